The largest absolute Gasteiger partial charge is 0.449 e. The predicted octanol–water partition coefficient (Wildman–Crippen LogP) is 4.75. The summed E-state index contributed by atoms with van der Waals surface area (Å²) in [6.45, 7) is 4.17. The molecular weight excluding hydrogens is 466 g/mol. The van der Waals surface area contributed by atoms with Crippen molar-refractivity contribution in [2.45, 2.75) is 13.3 Å². The summed E-state index contributed by atoms with van der Waals surface area (Å²) >= 11 is 6.59. The molecule has 0 unspecified atom stereocenters. The second-order valence-corrected chi connectivity index (χ2v) is 9.10. The summed E-state index contributed by atoms with van der Waals surface area (Å²) in [7, 11) is 1.89. The minimum atomic E-state index is -0.320. The lowest BCUT2D eigenvalue weighted by Gasteiger charge is -2.34. The zero-order chi connectivity index (χ0) is 24.5. The van der Waals surface area contributed by atoms with Gasteiger partial charge in [0.2, 0.25) is 0 Å². The Balaban J connectivity index is 1.37. The Labute approximate surface area is 208 Å². The van der Waals surface area contributed by atoms with Crippen molar-refractivity contribution in [2.24, 2.45) is 7.05 Å². The van der Waals surface area contributed by atoms with E-state index in [0.29, 0.717) is 48.9 Å². The van der Waals surface area contributed by atoms with Crippen LogP contribution in [0.15, 0.2) is 48.7 Å². The van der Waals surface area contributed by atoms with Crippen molar-refractivity contribution < 1.29 is 14.3 Å². The molecule has 0 bridgehead atoms. The van der Waals surface area contributed by atoms with Crippen LogP contribution in [0.4, 0.5) is 4.79 Å². The molecule has 180 valence electrons. The van der Waals surface area contributed by atoms with Crippen LogP contribution in [-0.2, 0) is 11.8 Å². The highest BCUT2D eigenvalue weighted by Crippen LogP contribution is 2.30. The molecule has 2 aromatic carbocycles. The molecule has 1 aliphatic rings. The van der Waals surface area contributed by atoms with Crippen LogP contribution in [-0.4, -0.2) is 69.4 Å². The second-order valence-electron chi connectivity index (χ2n) is 8.69. The number of halogens is 1. The van der Waals surface area contributed by atoms with Gasteiger partial charge in [0.05, 0.1) is 28.4 Å². The number of piperazine rings is 1. The van der Waals surface area contributed by atoms with Crippen LogP contribution in [0.25, 0.3) is 33.1 Å². The number of aryl methyl sites for hydroxylation is 1. The first-order valence-corrected chi connectivity index (χ1v) is 12.1. The molecule has 0 saturated carbocycles. The van der Waals surface area contributed by atoms with Crippen LogP contribution in [0.2, 0.25) is 5.02 Å². The molecule has 0 spiro atoms. The first-order valence-electron chi connectivity index (χ1n) is 11.7. The van der Waals surface area contributed by atoms with E-state index in [1.165, 1.54) is 0 Å². The molecule has 3 heterocycles. The van der Waals surface area contributed by atoms with E-state index in [2.05, 4.69) is 5.10 Å². The Kier molecular flexibility index (Phi) is 6.30. The smallest absolute Gasteiger partial charge is 0.409 e. The van der Waals surface area contributed by atoms with Gasteiger partial charge in [-0.25, -0.2) is 9.78 Å². The molecule has 4 aromatic rings. The van der Waals surface area contributed by atoms with E-state index < -0.39 is 0 Å². The average molecular weight is 492 g/mol. The standard InChI is InChI=1S/C26H26ClN5O3/c1-3-12-35-26(34)32-10-8-31(9-11-32)25(33)18-6-7-20-21(27)15-22(28-24(20)14-18)17-4-5-19-16-30(2)29-23(19)13-17/h4-7,13-16H,3,8-12H2,1-2H3. The Hall–Kier alpha value is -3.65. The second kappa shape index (κ2) is 9.54. The highest BCUT2D eigenvalue weighted by molar-refractivity contribution is 6.35. The Morgan fingerprint density at radius 1 is 1.00 bits per heavy atom. The fourth-order valence-electron chi connectivity index (χ4n) is 4.32. The zero-order valence-corrected chi connectivity index (χ0v) is 20.5. The van der Waals surface area contributed by atoms with Crippen LogP contribution in [0, 0.1) is 0 Å². The van der Waals surface area contributed by atoms with E-state index in [1.54, 1.807) is 26.6 Å². The summed E-state index contributed by atoms with van der Waals surface area (Å²) in [6.07, 6.45) is 2.43. The minimum Gasteiger partial charge on any atom is -0.449 e. The van der Waals surface area contributed by atoms with Crippen molar-refractivity contribution in [3.63, 3.8) is 0 Å². The van der Waals surface area contributed by atoms with Crippen LogP contribution in [0.1, 0.15) is 23.7 Å². The normalized spacial score (nSPS) is 14.0. The van der Waals surface area contributed by atoms with Gasteiger partial charge >= 0.3 is 6.09 Å². The molecule has 2 aromatic heterocycles. The van der Waals surface area contributed by atoms with Crippen LogP contribution >= 0.6 is 11.6 Å². The number of hydrogen-bond acceptors (Lipinski definition) is 5. The van der Waals surface area contributed by atoms with Gasteiger partial charge in [-0.2, -0.15) is 5.10 Å². The van der Waals surface area contributed by atoms with Crippen molar-refractivity contribution in [3.8, 4) is 11.3 Å². The molecule has 8 nitrogen and oxygen atoms in total. The van der Waals surface area contributed by atoms with E-state index in [4.69, 9.17) is 21.3 Å². The summed E-state index contributed by atoms with van der Waals surface area (Å²) in [6, 6.07) is 13.2. The van der Waals surface area contributed by atoms with Gasteiger partial charge in [0.1, 0.15) is 0 Å². The van der Waals surface area contributed by atoms with Crippen molar-refractivity contribution >= 4 is 45.4 Å². The maximum absolute atomic E-state index is 13.2. The molecule has 0 aliphatic carbocycles. The minimum absolute atomic E-state index is 0.0910. The van der Waals surface area contributed by atoms with Gasteiger partial charge in [-0.05, 0) is 30.7 Å². The van der Waals surface area contributed by atoms with Crippen molar-refractivity contribution in [3.05, 3.63) is 59.2 Å². The van der Waals surface area contributed by atoms with E-state index in [-0.39, 0.29) is 12.0 Å². The van der Waals surface area contributed by atoms with Gasteiger partial charge in [-0.15, -0.1) is 0 Å². The Bertz CT molecular complexity index is 1430. The fraction of sp³-hybridized carbons (Fsp3) is 0.308. The quantitative estimate of drug-likeness (QED) is 0.411. The monoisotopic (exact) mass is 491 g/mol. The number of ether oxygens (including phenoxy) is 1. The topological polar surface area (TPSA) is 80.6 Å². The summed E-state index contributed by atoms with van der Waals surface area (Å²) in [4.78, 5) is 33.5. The summed E-state index contributed by atoms with van der Waals surface area (Å²) < 4.78 is 6.98. The highest BCUT2D eigenvalue weighted by atomic mass is 35.5. The van der Waals surface area contributed by atoms with Gasteiger partial charge in [-0.1, -0.05) is 36.7 Å². The summed E-state index contributed by atoms with van der Waals surface area (Å²) in [5.74, 6) is -0.0910. The van der Waals surface area contributed by atoms with Crippen LogP contribution in [0.3, 0.4) is 0 Å². The number of nitrogens with zero attached hydrogens (tertiary/aromatic N) is 5. The third-order valence-electron chi connectivity index (χ3n) is 6.18. The molecule has 35 heavy (non-hydrogen) atoms. The number of carbonyl (C=O) groups is 2. The SMILES string of the molecule is CCCOC(=O)N1CCN(C(=O)c2ccc3c(Cl)cc(-c4ccc5cn(C)nc5c4)nc3c2)CC1. The van der Waals surface area contributed by atoms with Crippen molar-refractivity contribution in [1.29, 1.82) is 0 Å². The summed E-state index contributed by atoms with van der Waals surface area (Å²) in [5.41, 5.74) is 3.70. The third-order valence-corrected chi connectivity index (χ3v) is 6.49. The van der Waals surface area contributed by atoms with E-state index in [9.17, 15) is 9.59 Å². The third kappa shape index (κ3) is 4.66. The number of amides is 2. The number of aromatic nitrogens is 3. The fourth-order valence-corrected chi connectivity index (χ4v) is 4.58. The Morgan fingerprint density at radius 2 is 1.77 bits per heavy atom. The number of rotatable bonds is 4. The maximum Gasteiger partial charge on any atom is 0.409 e. The first-order chi connectivity index (χ1) is 16.9. The van der Waals surface area contributed by atoms with Gasteiger partial charge in [0, 0.05) is 61.3 Å². The Morgan fingerprint density at radius 3 is 2.54 bits per heavy atom. The van der Waals surface area contributed by atoms with E-state index in [0.717, 1.165) is 34.0 Å². The molecule has 1 aliphatic heterocycles. The summed E-state index contributed by atoms with van der Waals surface area (Å²) in [5, 5.41) is 6.89. The lowest BCUT2D eigenvalue weighted by Crippen LogP contribution is -2.50. The molecule has 1 fully saturated rings. The zero-order valence-electron chi connectivity index (χ0n) is 19.7. The number of pyridine rings is 1. The first kappa shape index (κ1) is 23.1. The van der Waals surface area contributed by atoms with Crippen LogP contribution < -0.4 is 0 Å². The molecule has 5 rings (SSSR count). The van der Waals surface area contributed by atoms with E-state index in [1.807, 2.05) is 50.5 Å². The van der Waals surface area contributed by atoms with E-state index >= 15 is 0 Å². The number of benzene rings is 2. The average Bonchev–Trinajstić information content (AvgIpc) is 3.25. The molecular formula is C26H26ClN5O3. The molecule has 9 heteroatoms. The van der Waals surface area contributed by atoms with Gasteiger partial charge in [-0.3, -0.25) is 9.48 Å². The van der Waals surface area contributed by atoms with Crippen molar-refractivity contribution in [1.82, 2.24) is 24.6 Å². The maximum atomic E-state index is 13.2. The van der Waals surface area contributed by atoms with Crippen LogP contribution in [0.5, 0.6) is 0 Å². The lowest BCUT2D eigenvalue weighted by molar-refractivity contribution is 0.0560. The molecule has 0 atom stereocenters. The van der Waals surface area contributed by atoms with Gasteiger partial charge < -0.3 is 14.5 Å². The van der Waals surface area contributed by atoms with Gasteiger partial charge in [0.15, 0.2) is 0 Å². The lowest BCUT2D eigenvalue weighted by atomic mass is 10.1. The number of fused-ring (bicyclic) bond motifs is 2. The predicted molar refractivity (Wildman–Crippen MR) is 136 cm³/mol. The highest BCUT2D eigenvalue weighted by Gasteiger charge is 2.26. The molecule has 0 N–H and O–H groups in total. The number of carbonyl (C=O) groups excluding carboxylic acids is 2. The molecule has 2 amide bonds. The van der Waals surface area contributed by atoms with Gasteiger partial charge in [0.25, 0.3) is 5.91 Å². The number of hydrogen-bond donors (Lipinski definition) is 0. The molecule has 1 saturated heterocycles. The van der Waals surface area contributed by atoms with Crippen molar-refractivity contribution in [2.75, 3.05) is 32.8 Å². The molecule has 0 radical (unpaired) electrons.